The number of aromatic hydroxyl groups is 2. The minimum Gasteiger partial charge on any atom is -0.508 e. The van der Waals surface area contributed by atoms with Crippen molar-refractivity contribution < 1.29 is 118 Å². The summed E-state index contributed by atoms with van der Waals surface area (Å²) in [5, 5.41) is 29.5. The Morgan fingerprint density at radius 1 is 0.458 bits per heavy atom. The molecule has 0 unspecified atom stereocenters. The summed E-state index contributed by atoms with van der Waals surface area (Å²) in [5.41, 5.74) is -7.41. The number of piperidine rings is 3. The largest absolute Gasteiger partial charge is 0.550 e. The number of carboxylic acids is 1. The molecule has 3 saturated heterocycles. The highest BCUT2D eigenvalue weighted by Gasteiger charge is 2.53. The van der Waals surface area contributed by atoms with Gasteiger partial charge in [0.1, 0.15) is 28.5 Å². The number of carbonyl (C=O) groups excluding carboxylic acids is 2. The van der Waals surface area contributed by atoms with E-state index in [1.54, 1.807) is 18.2 Å². The molecular weight excluding hydrogens is 1770 g/mol. The SMILES string of the molecule is CN(C)C(OC(C)(C)C)OC(C)(C)C.C[C@H]1CN(C[C@H](Cc2ccccc2)C(=O)O)CC[C@@]1(C)c1cccc(O)c1.C[C@H]1CN(C[C@H](Cc2ccccc2)C(=O)OC(C)(C)C)CC[C@@]1(C)c1cccc(O)c1.C[C@H]1CN(C[C@H](Cc2ccccc2)C(=O)OC(C)(C)C)CC[C@@]1(C)c1cccc(OS(=O)(=O)C(F)(F)F)c1.O=S(=O)(N(SOOC(F)(F)F)c1ccccc1)C(F)(F)F. The van der Waals surface area contributed by atoms with Crippen LogP contribution in [-0.4, -0.2) is 189 Å². The number of rotatable bonds is 28. The Bertz CT molecular complexity index is 4930. The molecule has 3 heterocycles. The van der Waals surface area contributed by atoms with Gasteiger partial charge in [-0.05, 0) is 271 Å². The molecule has 0 saturated carbocycles. The lowest BCUT2D eigenvalue weighted by Gasteiger charge is -2.46. The molecule has 3 aliphatic heterocycles. The van der Waals surface area contributed by atoms with Crippen molar-refractivity contribution in [1.29, 1.82) is 0 Å². The van der Waals surface area contributed by atoms with E-state index in [1.807, 2.05) is 219 Å². The molecule has 10 rings (SSSR count). The van der Waals surface area contributed by atoms with Crippen LogP contribution < -0.4 is 7.89 Å². The van der Waals surface area contributed by atoms with E-state index in [0.29, 0.717) is 87.3 Å². The highest BCUT2D eigenvalue weighted by atomic mass is 32.3. The van der Waals surface area contributed by atoms with Gasteiger partial charge in [-0.25, -0.2) is 0 Å². The van der Waals surface area contributed by atoms with E-state index in [2.05, 4.69) is 80.1 Å². The molecule has 9 atom stereocenters. The molecule has 3 N–H and O–H groups in total. The van der Waals surface area contributed by atoms with Crippen molar-refractivity contribution in [3.8, 4) is 17.2 Å². The molecule has 22 nitrogen and oxygen atoms in total. The van der Waals surface area contributed by atoms with E-state index in [-0.39, 0.29) is 63.9 Å². The highest BCUT2D eigenvalue weighted by Crippen LogP contribution is 2.45. The number of carbonyl (C=O) groups is 3. The third-order valence-corrected chi connectivity index (χ3v) is 26.4. The van der Waals surface area contributed by atoms with E-state index >= 15 is 0 Å². The summed E-state index contributed by atoms with van der Waals surface area (Å²) in [7, 11) is -7.85. The Morgan fingerprint density at radius 2 is 0.786 bits per heavy atom. The zero-order valence-electron chi connectivity index (χ0n) is 78.5. The second-order valence-corrected chi connectivity index (χ2v) is 42.8. The fourth-order valence-electron chi connectivity index (χ4n) is 15.4. The van der Waals surface area contributed by atoms with Crippen LogP contribution in [-0.2, 0) is 98.2 Å². The number of aliphatic carboxylic acids is 1. The number of sulfonamides is 1. The van der Waals surface area contributed by atoms with Crippen LogP contribution in [0.1, 0.15) is 177 Å². The standard InChI is InChI=1S/C28H36F3NO5S.C27H37NO3.C23H29NO3.C11H25NO2.C8H5F6NO4S2/c1-20-18-32(19-22(25(33)36-26(2,3)4)16-21-10-7-6-8-11-21)15-14-27(20,5)23-12-9-13-24(17-23)37-38(34,35)28(29,30)31;1-20-18-28(15-14-27(20,5)23-12-9-13-24(29)17-23)19-22(25(30)31-26(2,3)4)16-21-10-7-6-8-11-21;1-17-15-24(12-11-23(17,2)20-9-6-10-21(25)14-20)16-19(22(26)27)13-18-7-4-3-5-8-18;1-10(2,3)13-9(12(7)8)14-11(4,5)6;9-7(10,11)18-19-20-15(6-4-2-1-3-5-6)21(16,17)8(12,13)14/h6-13,17,20,22H,14-16,18-19H2,1-5H3;6-13,17,20,22,29H,14-16,18-19H2,1-5H3;3-10,14,17,19,25H,11-13,15-16H2,1-2H3,(H,26,27);9H,1-8H3;1-5H/t2*20-,22-,27+;17-,19-,23+;;/m000../s1. The molecule has 0 radical (unpaired) electrons. The summed E-state index contributed by atoms with van der Waals surface area (Å²) in [5.74, 6) is -0.973. The molecule has 0 bridgehead atoms. The molecule has 0 aliphatic carbocycles. The molecule has 34 heteroatoms. The zero-order chi connectivity index (χ0) is 98.3. The quantitative estimate of drug-likeness (QED) is 0.00474. The van der Waals surface area contributed by atoms with E-state index in [1.165, 1.54) is 42.0 Å². The number of likely N-dealkylation sites (tertiary alicyclic amines) is 3. The maximum Gasteiger partial charge on any atom is 0.550 e. The van der Waals surface area contributed by atoms with Crippen LogP contribution in [0, 0.1) is 35.5 Å². The van der Waals surface area contributed by atoms with Gasteiger partial charge in [0.15, 0.2) is 12.2 Å². The maximum atomic E-state index is 13.1. The number of benzene rings is 7. The number of para-hydroxylation sites is 1. The number of hydrogen-bond donors (Lipinski definition) is 3. The number of halogens is 9. The minimum atomic E-state index is -5.99. The first kappa shape index (κ1) is 111. The van der Waals surface area contributed by atoms with Gasteiger partial charge in [0, 0.05) is 39.3 Å². The summed E-state index contributed by atoms with van der Waals surface area (Å²) in [6.45, 7) is 43.2. The van der Waals surface area contributed by atoms with Crippen molar-refractivity contribution in [2.45, 2.75) is 226 Å². The van der Waals surface area contributed by atoms with E-state index in [0.717, 1.165) is 73.4 Å². The maximum absolute atomic E-state index is 13.1. The van der Waals surface area contributed by atoms with Crippen molar-refractivity contribution in [1.82, 2.24) is 19.6 Å². The van der Waals surface area contributed by atoms with Crippen LogP contribution in [0.15, 0.2) is 194 Å². The van der Waals surface area contributed by atoms with Gasteiger partial charge in [-0.3, -0.25) is 19.3 Å². The monoisotopic (exact) mass is 1910 g/mol. The summed E-state index contributed by atoms with van der Waals surface area (Å²) in [6, 6.07) is 56.4. The molecule has 0 amide bonds. The number of anilines is 1. The number of esters is 2. The molecule has 3 fully saturated rings. The van der Waals surface area contributed by atoms with Crippen LogP contribution in [0.4, 0.5) is 45.2 Å². The predicted molar refractivity (Wildman–Crippen MR) is 490 cm³/mol. The fourth-order valence-corrected chi connectivity index (χ4v) is 17.5. The van der Waals surface area contributed by atoms with Crippen LogP contribution in [0.5, 0.6) is 17.2 Å². The molecule has 3 aliphatic rings. The Kier molecular flexibility index (Phi) is 40.0. The lowest BCUT2D eigenvalue weighted by molar-refractivity contribution is -0.440. The van der Waals surface area contributed by atoms with Crippen LogP contribution in [0.25, 0.3) is 0 Å². The first-order chi connectivity index (χ1) is 60.4. The first-order valence-electron chi connectivity index (χ1n) is 43.4. The minimum absolute atomic E-state index is 0.00656. The average Bonchev–Trinajstić information content (AvgIpc) is 0.776. The van der Waals surface area contributed by atoms with Gasteiger partial charge in [0.2, 0.25) is 6.41 Å². The van der Waals surface area contributed by atoms with Gasteiger partial charge in [0.25, 0.3) is 0 Å². The smallest absolute Gasteiger partial charge is 0.508 e. The Balaban J connectivity index is 0.000000261. The Hall–Kier alpha value is -8.55. The van der Waals surface area contributed by atoms with Gasteiger partial charge in [-0.1, -0.05) is 187 Å². The van der Waals surface area contributed by atoms with Crippen molar-refractivity contribution >= 4 is 56.0 Å². The number of hydrogen-bond acceptors (Lipinski definition) is 21. The highest BCUT2D eigenvalue weighted by molar-refractivity contribution is 8.12. The third-order valence-electron chi connectivity index (χ3n) is 23.0. The topological polar surface area (TPSA) is 261 Å². The van der Waals surface area contributed by atoms with Crippen molar-refractivity contribution in [3.05, 3.63) is 228 Å². The lowest BCUT2D eigenvalue weighted by Crippen LogP contribution is -2.49. The number of ether oxygens (including phenoxy) is 4. The molecule has 7 aromatic rings. The molecule has 0 aromatic heterocycles. The van der Waals surface area contributed by atoms with E-state index in [4.69, 9.17) is 18.9 Å². The van der Waals surface area contributed by atoms with Gasteiger partial charge in [-0.2, -0.15) is 46.9 Å². The van der Waals surface area contributed by atoms with E-state index in [9.17, 15) is 86.1 Å². The summed E-state index contributed by atoms with van der Waals surface area (Å²) in [4.78, 5) is 49.5. The number of alkyl halides is 9. The fraction of sp³-hybridized carbons (Fsp3) is 0.536. The second kappa shape index (κ2) is 47.1. The molecule has 7 aromatic carbocycles. The average molecular weight is 1910 g/mol. The molecule has 0 spiro atoms. The Labute approximate surface area is 772 Å². The van der Waals surface area contributed by atoms with Gasteiger partial charge in [0.05, 0.1) is 34.6 Å². The van der Waals surface area contributed by atoms with Crippen LogP contribution >= 0.6 is 12.2 Å². The van der Waals surface area contributed by atoms with Gasteiger partial charge in [-0.15, -0.1) is 22.4 Å². The normalized spacial score (nSPS) is 20.6. The molecule has 131 heavy (non-hydrogen) atoms. The summed E-state index contributed by atoms with van der Waals surface area (Å²) < 4.78 is 187. The van der Waals surface area contributed by atoms with Gasteiger partial charge < -0.3 is 53.1 Å². The van der Waals surface area contributed by atoms with Crippen molar-refractivity contribution in [3.63, 3.8) is 0 Å². The number of phenolic OH excluding ortho intramolecular Hbond substituents is 2. The first-order valence-corrected chi connectivity index (χ1v) is 46.9. The van der Waals surface area contributed by atoms with Crippen molar-refractivity contribution in [2.75, 3.05) is 76.7 Å². The third kappa shape index (κ3) is 36.0. The predicted octanol–water partition coefficient (Wildman–Crippen LogP) is 20.7. The Morgan fingerprint density at radius 3 is 1.08 bits per heavy atom. The summed E-state index contributed by atoms with van der Waals surface area (Å²) >= 11 is -0.782. The summed E-state index contributed by atoms with van der Waals surface area (Å²) in [6.07, 6.45) is -1.21. The number of phenols is 2. The van der Waals surface area contributed by atoms with Crippen LogP contribution in [0.2, 0.25) is 0 Å². The van der Waals surface area contributed by atoms with E-state index < -0.39 is 87.7 Å². The number of nitrogens with zero attached hydrogens (tertiary/aromatic N) is 5. The lowest BCUT2D eigenvalue weighted by atomic mass is 9.68. The second-order valence-electron chi connectivity index (χ2n) is 38.6. The van der Waals surface area contributed by atoms with Gasteiger partial charge >= 0.3 is 55.4 Å². The molecule has 728 valence electrons. The molecular formula is C97H132F9N5O17S3. The van der Waals surface area contributed by atoms with Crippen LogP contribution in [0.3, 0.4) is 0 Å². The number of carboxylic acid groups (broad SMARTS) is 1. The van der Waals surface area contributed by atoms with Crippen molar-refractivity contribution in [2.24, 2.45) is 35.5 Å². The zero-order valence-corrected chi connectivity index (χ0v) is 81.0.